The largest absolute Gasteiger partial charge is 0.457 e. The van der Waals surface area contributed by atoms with E-state index >= 15 is 0 Å². The molecule has 0 rings (SSSR count). The predicted octanol–water partition coefficient (Wildman–Crippen LogP) is 5.93. The van der Waals surface area contributed by atoms with Crippen molar-refractivity contribution in [2.75, 3.05) is 0 Å². The van der Waals surface area contributed by atoms with Crippen LogP contribution in [0.15, 0.2) is 24.3 Å². The highest BCUT2D eigenvalue weighted by Crippen LogP contribution is 2.38. The second-order valence-corrected chi connectivity index (χ2v) is 3.11. The molecule has 0 bridgehead atoms. The van der Waals surface area contributed by atoms with Crippen LogP contribution in [0.4, 0.5) is 61.5 Å². The summed E-state index contributed by atoms with van der Waals surface area (Å²) in [4.78, 5) is 0. The maximum atomic E-state index is 11.5. The lowest BCUT2D eigenvalue weighted by Crippen LogP contribution is -2.34. The lowest BCUT2D eigenvalue weighted by atomic mass is 10.3. The molecule has 0 aromatic heterocycles. The van der Waals surface area contributed by atoms with Gasteiger partial charge in [0.2, 0.25) is 0 Å². The van der Waals surface area contributed by atoms with Crippen LogP contribution in [0.1, 0.15) is 0 Å². The van der Waals surface area contributed by atoms with E-state index in [1.165, 1.54) is 0 Å². The molecular formula is C8H2F14. The first-order valence-electron chi connectivity index (χ1n) is 4.30. The van der Waals surface area contributed by atoms with Crippen molar-refractivity contribution in [2.45, 2.75) is 24.2 Å². The molecule has 14 heteroatoms. The zero-order valence-electron chi connectivity index (χ0n) is 9.45. The first-order valence-corrected chi connectivity index (χ1v) is 4.30. The van der Waals surface area contributed by atoms with E-state index in [9.17, 15) is 61.5 Å². The van der Waals surface area contributed by atoms with Crippen molar-refractivity contribution in [1.82, 2.24) is 0 Å². The van der Waals surface area contributed by atoms with Crippen LogP contribution in [0.25, 0.3) is 0 Å². The fourth-order valence-electron chi connectivity index (χ4n) is 0.438. The number of hydrogen-bond acceptors (Lipinski definition) is 0. The lowest BCUT2D eigenvalue weighted by molar-refractivity contribution is -0.260. The first kappa shape index (κ1) is 22.8. The molecule has 132 valence electrons. The third-order valence-corrected chi connectivity index (χ3v) is 1.34. The van der Waals surface area contributed by atoms with Gasteiger partial charge in [-0.2, -0.15) is 61.5 Å². The van der Waals surface area contributed by atoms with Gasteiger partial charge in [0.05, 0.1) is 12.2 Å². The first-order chi connectivity index (χ1) is 9.33. The van der Waals surface area contributed by atoms with Crippen molar-refractivity contribution in [3.63, 3.8) is 0 Å². The van der Waals surface area contributed by atoms with Crippen molar-refractivity contribution < 1.29 is 61.5 Å². The molecule has 0 aliphatic rings. The standard InChI is InChI=1S/2C4HF7/c2*5-2(6)1-3(7,8)4(9,10)11/h2*1H. The van der Waals surface area contributed by atoms with Gasteiger partial charge < -0.3 is 0 Å². The molecule has 0 aliphatic heterocycles. The highest BCUT2D eigenvalue weighted by molar-refractivity contribution is 4.99. The van der Waals surface area contributed by atoms with Crippen molar-refractivity contribution >= 4 is 0 Å². The monoisotopic (exact) mass is 364 g/mol. The Hall–Kier alpha value is -1.50. The summed E-state index contributed by atoms with van der Waals surface area (Å²) in [5.41, 5.74) is 0. The molecule has 0 aromatic rings. The van der Waals surface area contributed by atoms with Crippen molar-refractivity contribution in [3.05, 3.63) is 24.3 Å². The zero-order valence-corrected chi connectivity index (χ0v) is 9.45. The summed E-state index contributed by atoms with van der Waals surface area (Å²) in [6.45, 7) is 0. The van der Waals surface area contributed by atoms with Gasteiger partial charge in [-0.1, -0.05) is 0 Å². The number of alkyl halides is 10. The fraction of sp³-hybridized carbons (Fsp3) is 0.500. The maximum absolute atomic E-state index is 11.5. The Balaban J connectivity index is 0. The van der Waals surface area contributed by atoms with Crippen LogP contribution in [0.3, 0.4) is 0 Å². The maximum Gasteiger partial charge on any atom is 0.457 e. The quantitative estimate of drug-likeness (QED) is 0.533. The van der Waals surface area contributed by atoms with Crippen LogP contribution < -0.4 is 0 Å². The Kier molecular flexibility index (Phi) is 7.43. The summed E-state index contributed by atoms with van der Waals surface area (Å²) in [5, 5.41) is 0. The number of hydrogen-bond donors (Lipinski definition) is 0. The molecular weight excluding hydrogens is 362 g/mol. The Morgan fingerprint density at radius 2 is 0.636 bits per heavy atom. The summed E-state index contributed by atoms with van der Waals surface area (Å²) in [6, 6.07) is 0. The summed E-state index contributed by atoms with van der Waals surface area (Å²) in [6.07, 6.45) is -20.9. The molecule has 0 saturated heterocycles. The molecule has 0 atom stereocenters. The normalized spacial score (nSPS) is 13.0. The average Bonchev–Trinajstić information content (AvgIpc) is 2.09. The molecule has 0 amide bonds. The highest BCUT2D eigenvalue weighted by Gasteiger charge is 2.57. The molecule has 0 aromatic carbocycles. The minimum Gasteiger partial charge on any atom is -0.191 e. The van der Waals surface area contributed by atoms with Crippen molar-refractivity contribution in [3.8, 4) is 0 Å². The molecule has 0 radical (unpaired) electrons. The van der Waals surface area contributed by atoms with Crippen LogP contribution in [-0.2, 0) is 0 Å². The summed E-state index contributed by atoms with van der Waals surface area (Å²) in [5.74, 6) is -10.9. The Labute approximate surface area is 111 Å². The van der Waals surface area contributed by atoms with E-state index in [4.69, 9.17) is 0 Å². The van der Waals surface area contributed by atoms with Gasteiger partial charge in [-0.05, 0) is 0 Å². The Morgan fingerprint density at radius 1 is 0.455 bits per heavy atom. The Bertz CT molecular complexity index is 360. The summed E-state index contributed by atoms with van der Waals surface area (Å²) in [7, 11) is 0. The highest BCUT2D eigenvalue weighted by atomic mass is 19.4. The van der Waals surface area contributed by atoms with Crippen LogP contribution in [0.5, 0.6) is 0 Å². The van der Waals surface area contributed by atoms with Crippen molar-refractivity contribution in [1.29, 1.82) is 0 Å². The van der Waals surface area contributed by atoms with E-state index in [-0.39, 0.29) is 0 Å². The van der Waals surface area contributed by atoms with Gasteiger partial charge in [0.15, 0.2) is 0 Å². The molecule has 0 N–H and O–H groups in total. The van der Waals surface area contributed by atoms with E-state index in [2.05, 4.69) is 0 Å². The van der Waals surface area contributed by atoms with Gasteiger partial charge in [0.1, 0.15) is 0 Å². The minimum atomic E-state index is -5.96. The number of rotatable bonds is 2. The third kappa shape index (κ3) is 8.07. The molecule has 0 spiro atoms. The average molecular weight is 364 g/mol. The van der Waals surface area contributed by atoms with Gasteiger partial charge in [0.25, 0.3) is 12.2 Å². The van der Waals surface area contributed by atoms with Gasteiger partial charge >= 0.3 is 24.2 Å². The van der Waals surface area contributed by atoms with Gasteiger partial charge in [-0.3, -0.25) is 0 Å². The lowest BCUT2D eigenvalue weighted by Gasteiger charge is -2.14. The van der Waals surface area contributed by atoms with Crippen LogP contribution in [-0.4, -0.2) is 24.2 Å². The van der Waals surface area contributed by atoms with Crippen LogP contribution in [0.2, 0.25) is 0 Å². The number of allylic oxidation sites excluding steroid dienone is 2. The van der Waals surface area contributed by atoms with Gasteiger partial charge in [-0.15, -0.1) is 0 Å². The van der Waals surface area contributed by atoms with Crippen molar-refractivity contribution in [2.24, 2.45) is 0 Å². The predicted molar refractivity (Wildman–Crippen MR) is 42.6 cm³/mol. The van der Waals surface area contributed by atoms with E-state index in [1.807, 2.05) is 0 Å². The Morgan fingerprint density at radius 3 is 0.682 bits per heavy atom. The van der Waals surface area contributed by atoms with E-state index in [0.29, 0.717) is 0 Å². The van der Waals surface area contributed by atoms with E-state index in [0.717, 1.165) is 0 Å². The fourth-order valence-corrected chi connectivity index (χ4v) is 0.438. The molecule has 0 unspecified atom stereocenters. The minimum absolute atomic E-state index is 1.44. The van der Waals surface area contributed by atoms with Crippen LogP contribution >= 0.6 is 0 Å². The molecule has 22 heavy (non-hydrogen) atoms. The second kappa shape index (κ2) is 7.17. The number of halogens is 14. The second-order valence-electron chi connectivity index (χ2n) is 3.11. The molecule has 0 nitrogen and oxygen atoms in total. The van der Waals surface area contributed by atoms with E-state index < -0.39 is 48.5 Å². The van der Waals surface area contributed by atoms with Gasteiger partial charge in [0, 0.05) is 0 Å². The van der Waals surface area contributed by atoms with Gasteiger partial charge in [-0.25, -0.2) is 0 Å². The smallest absolute Gasteiger partial charge is 0.191 e. The topological polar surface area (TPSA) is 0 Å². The molecule has 0 saturated carbocycles. The molecule has 0 fully saturated rings. The van der Waals surface area contributed by atoms with E-state index in [1.54, 1.807) is 0 Å². The molecule has 0 heterocycles. The molecule has 0 aliphatic carbocycles. The summed E-state index contributed by atoms with van der Waals surface area (Å²) < 4.78 is 156. The zero-order chi connectivity index (χ0) is 18.6. The third-order valence-electron chi connectivity index (χ3n) is 1.34. The van der Waals surface area contributed by atoms with Crippen LogP contribution in [0, 0.1) is 0 Å². The SMILES string of the molecule is FC(F)=CC(F)(F)C(F)(F)F.FC(F)=CC(F)(F)C(F)(F)F. The summed E-state index contributed by atoms with van der Waals surface area (Å²) >= 11 is 0.